The highest BCUT2D eigenvalue weighted by Gasteiger charge is 2.26. The Kier molecular flexibility index (Phi) is 3.95. The monoisotopic (exact) mass is 154 g/mol. The normalized spacial score (nSPS) is 29.4. The second-order valence-corrected chi connectivity index (χ2v) is 3.11. The number of nitrogens with zero attached hydrogens (tertiary/aromatic N) is 2. The maximum absolute atomic E-state index is 8.63. The highest BCUT2D eigenvalue weighted by atomic mass is 15.2. The van der Waals surface area contributed by atoms with Gasteiger partial charge in [-0.1, -0.05) is 20.8 Å². The summed E-state index contributed by atoms with van der Waals surface area (Å²) in [5, 5.41) is 8.63. The summed E-state index contributed by atoms with van der Waals surface area (Å²) >= 11 is 0. The molecule has 1 heterocycles. The van der Waals surface area contributed by atoms with E-state index in [0.717, 1.165) is 12.5 Å². The van der Waals surface area contributed by atoms with Crippen molar-refractivity contribution in [2.45, 2.75) is 40.2 Å². The SMILES string of the molecule is C.CC[C@H]1C[C@H](C)N(C#N)C1. The van der Waals surface area contributed by atoms with Gasteiger partial charge in [0.25, 0.3) is 0 Å². The standard InChI is InChI=1S/C8H14N2.CH4/c1-3-8-4-7(2)10(5-8)6-9;/h7-8H,3-5H2,1-2H3;1H4/t7-,8-;/m0./s1. The van der Waals surface area contributed by atoms with E-state index in [0.29, 0.717) is 6.04 Å². The van der Waals surface area contributed by atoms with Gasteiger partial charge in [0.05, 0.1) is 0 Å². The fourth-order valence-electron chi connectivity index (χ4n) is 1.58. The van der Waals surface area contributed by atoms with E-state index in [4.69, 9.17) is 5.26 Å². The number of likely N-dealkylation sites (tertiary alicyclic amines) is 1. The fraction of sp³-hybridized carbons (Fsp3) is 0.889. The summed E-state index contributed by atoms with van der Waals surface area (Å²) in [6.07, 6.45) is 4.62. The van der Waals surface area contributed by atoms with E-state index >= 15 is 0 Å². The lowest BCUT2D eigenvalue weighted by atomic mass is 10.0. The number of hydrogen-bond donors (Lipinski definition) is 0. The molecule has 0 aromatic rings. The van der Waals surface area contributed by atoms with Gasteiger partial charge in [-0.15, -0.1) is 0 Å². The Bertz CT molecular complexity index is 148. The smallest absolute Gasteiger partial charge is 0.179 e. The Labute approximate surface area is 69.8 Å². The van der Waals surface area contributed by atoms with Crippen molar-refractivity contribution in [2.75, 3.05) is 6.54 Å². The highest BCUT2D eigenvalue weighted by Crippen LogP contribution is 2.23. The molecule has 0 unspecified atom stereocenters. The second-order valence-electron chi connectivity index (χ2n) is 3.11. The summed E-state index contributed by atoms with van der Waals surface area (Å²) in [5.74, 6) is 0.759. The minimum Gasteiger partial charge on any atom is -0.308 e. The van der Waals surface area contributed by atoms with Crippen LogP contribution in [0, 0.1) is 17.4 Å². The molecule has 0 aliphatic carbocycles. The van der Waals surface area contributed by atoms with Crippen molar-refractivity contribution >= 4 is 0 Å². The van der Waals surface area contributed by atoms with Crippen LogP contribution in [0.3, 0.4) is 0 Å². The van der Waals surface area contributed by atoms with E-state index in [1.807, 2.05) is 4.90 Å². The molecule has 0 radical (unpaired) electrons. The molecule has 0 aromatic carbocycles. The molecule has 2 atom stereocenters. The topological polar surface area (TPSA) is 27.0 Å². The molecule has 0 N–H and O–H groups in total. The lowest BCUT2D eigenvalue weighted by molar-refractivity contribution is 0.382. The van der Waals surface area contributed by atoms with Gasteiger partial charge in [-0.2, -0.15) is 5.26 Å². The van der Waals surface area contributed by atoms with Crippen LogP contribution in [0.1, 0.15) is 34.1 Å². The van der Waals surface area contributed by atoms with Crippen molar-refractivity contribution in [3.8, 4) is 6.19 Å². The summed E-state index contributed by atoms with van der Waals surface area (Å²) in [7, 11) is 0. The van der Waals surface area contributed by atoms with Crippen LogP contribution in [0.4, 0.5) is 0 Å². The van der Waals surface area contributed by atoms with Crippen molar-refractivity contribution in [2.24, 2.45) is 5.92 Å². The molecule has 0 saturated carbocycles. The average molecular weight is 154 g/mol. The second kappa shape index (κ2) is 4.23. The first-order valence-corrected chi connectivity index (χ1v) is 3.94. The van der Waals surface area contributed by atoms with Gasteiger partial charge in [-0.25, -0.2) is 0 Å². The molecule has 1 saturated heterocycles. The van der Waals surface area contributed by atoms with Crippen molar-refractivity contribution in [3.63, 3.8) is 0 Å². The van der Waals surface area contributed by atoms with E-state index < -0.39 is 0 Å². The van der Waals surface area contributed by atoms with Crippen LogP contribution in [0.2, 0.25) is 0 Å². The van der Waals surface area contributed by atoms with Gasteiger partial charge in [0, 0.05) is 12.6 Å². The number of nitriles is 1. The Morgan fingerprint density at radius 3 is 2.55 bits per heavy atom. The Morgan fingerprint density at radius 2 is 2.27 bits per heavy atom. The predicted octanol–water partition coefficient (Wildman–Crippen LogP) is 2.22. The lowest BCUT2D eigenvalue weighted by Gasteiger charge is -2.11. The lowest BCUT2D eigenvalue weighted by Crippen LogP contribution is -2.20. The third-order valence-electron chi connectivity index (χ3n) is 2.37. The third-order valence-corrected chi connectivity index (χ3v) is 2.37. The molecule has 1 aliphatic heterocycles. The molecule has 2 heteroatoms. The molecule has 0 spiro atoms. The zero-order valence-corrected chi connectivity index (χ0v) is 6.67. The summed E-state index contributed by atoms with van der Waals surface area (Å²) in [6.45, 7) is 5.30. The van der Waals surface area contributed by atoms with Crippen molar-refractivity contribution in [1.82, 2.24) is 4.90 Å². The molecule has 11 heavy (non-hydrogen) atoms. The molecule has 1 fully saturated rings. The molecule has 64 valence electrons. The summed E-state index contributed by atoms with van der Waals surface area (Å²) in [6, 6.07) is 0.481. The molecule has 1 aliphatic rings. The van der Waals surface area contributed by atoms with Crippen LogP contribution in [0.5, 0.6) is 0 Å². The molecular formula is C9H18N2. The molecular weight excluding hydrogens is 136 g/mol. The Morgan fingerprint density at radius 1 is 1.64 bits per heavy atom. The van der Waals surface area contributed by atoms with E-state index in [9.17, 15) is 0 Å². The Hall–Kier alpha value is -0.710. The van der Waals surface area contributed by atoms with Gasteiger partial charge in [-0.3, -0.25) is 0 Å². The largest absolute Gasteiger partial charge is 0.308 e. The quantitative estimate of drug-likeness (QED) is 0.541. The zero-order valence-electron chi connectivity index (χ0n) is 6.67. The first-order valence-electron chi connectivity index (χ1n) is 3.94. The predicted molar refractivity (Wildman–Crippen MR) is 46.9 cm³/mol. The molecule has 0 bridgehead atoms. The van der Waals surface area contributed by atoms with E-state index in [2.05, 4.69) is 20.0 Å². The maximum Gasteiger partial charge on any atom is 0.179 e. The molecule has 1 rings (SSSR count). The average Bonchev–Trinajstić information content (AvgIpc) is 2.30. The van der Waals surface area contributed by atoms with Crippen molar-refractivity contribution < 1.29 is 0 Å². The van der Waals surface area contributed by atoms with Gasteiger partial charge in [-0.05, 0) is 19.3 Å². The summed E-state index contributed by atoms with van der Waals surface area (Å²) in [5.41, 5.74) is 0. The first-order chi connectivity index (χ1) is 4.77. The zero-order chi connectivity index (χ0) is 7.56. The van der Waals surface area contributed by atoms with Crippen LogP contribution >= 0.6 is 0 Å². The highest BCUT2D eigenvalue weighted by molar-refractivity contribution is 4.89. The van der Waals surface area contributed by atoms with Gasteiger partial charge >= 0.3 is 0 Å². The van der Waals surface area contributed by atoms with E-state index in [-0.39, 0.29) is 7.43 Å². The molecule has 2 nitrogen and oxygen atoms in total. The summed E-state index contributed by atoms with van der Waals surface area (Å²) in [4.78, 5) is 1.88. The number of rotatable bonds is 1. The van der Waals surface area contributed by atoms with Crippen LogP contribution in [-0.4, -0.2) is 17.5 Å². The van der Waals surface area contributed by atoms with Crippen LogP contribution in [0.15, 0.2) is 0 Å². The van der Waals surface area contributed by atoms with Crippen molar-refractivity contribution in [1.29, 1.82) is 5.26 Å². The number of hydrogen-bond acceptors (Lipinski definition) is 2. The van der Waals surface area contributed by atoms with Gasteiger partial charge in [0.1, 0.15) is 0 Å². The van der Waals surface area contributed by atoms with Crippen LogP contribution < -0.4 is 0 Å². The fourth-order valence-corrected chi connectivity index (χ4v) is 1.58. The minimum atomic E-state index is 0. The van der Waals surface area contributed by atoms with Crippen LogP contribution in [0.25, 0.3) is 0 Å². The summed E-state index contributed by atoms with van der Waals surface area (Å²) < 4.78 is 0. The van der Waals surface area contributed by atoms with Crippen LogP contribution in [-0.2, 0) is 0 Å². The van der Waals surface area contributed by atoms with E-state index in [1.54, 1.807) is 0 Å². The minimum absolute atomic E-state index is 0. The Balaban J connectivity index is 0.000001000. The van der Waals surface area contributed by atoms with Gasteiger partial charge < -0.3 is 4.90 Å². The van der Waals surface area contributed by atoms with E-state index in [1.165, 1.54) is 12.8 Å². The molecule has 0 aromatic heterocycles. The van der Waals surface area contributed by atoms with Gasteiger partial charge in [0.2, 0.25) is 0 Å². The third kappa shape index (κ3) is 2.11. The first kappa shape index (κ1) is 10.3. The van der Waals surface area contributed by atoms with Gasteiger partial charge in [0.15, 0.2) is 6.19 Å². The molecule has 0 amide bonds. The van der Waals surface area contributed by atoms with Crippen molar-refractivity contribution in [3.05, 3.63) is 0 Å². The maximum atomic E-state index is 8.63.